The van der Waals surface area contributed by atoms with Crippen molar-refractivity contribution in [3.05, 3.63) is 47.5 Å². The number of hydrogen-bond acceptors (Lipinski definition) is 3. The average Bonchev–Trinajstić information content (AvgIpc) is 2.81. The third-order valence-electron chi connectivity index (χ3n) is 3.45. The molecule has 0 saturated carbocycles. The van der Waals surface area contributed by atoms with E-state index >= 15 is 0 Å². The first-order valence-corrected chi connectivity index (χ1v) is 6.49. The summed E-state index contributed by atoms with van der Waals surface area (Å²) in [6.07, 6.45) is 1.18. The summed E-state index contributed by atoms with van der Waals surface area (Å²) in [6, 6.07) is 12.0. The van der Waals surface area contributed by atoms with Crippen molar-refractivity contribution in [1.29, 1.82) is 0 Å². The van der Waals surface area contributed by atoms with Gasteiger partial charge in [0.05, 0.1) is 0 Å². The summed E-state index contributed by atoms with van der Waals surface area (Å²) in [7, 11) is 0. The molecule has 0 atom stereocenters. The SMILES string of the molecule is OCCc1cccc2c1oc1c(CCO)cccc12. The Morgan fingerprint density at radius 3 is 1.63 bits per heavy atom. The fourth-order valence-electron chi connectivity index (χ4n) is 2.57. The Bertz CT molecular complexity index is 652. The number of fused-ring (bicyclic) bond motifs is 3. The normalized spacial score (nSPS) is 11.5. The second kappa shape index (κ2) is 5.03. The maximum Gasteiger partial charge on any atom is 0.138 e. The molecule has 2 N–H and O–H groups in total. The van der Waals surface area contributed by atoms with Crippen molar-refractivity contribution in [3.8, 4) is 0 Å². The van der Waals surface area contributed by atoms with Crippen LogP contribution in [0.2, 0.25) is 0 Å². The van der Waals surface area contributed by atoms with Crippen LogP contribution < -0.4 is 0 Å². The summed E-state index contributed by atoms with van der Waals surface area (Å²) in [6.45, 7) is 0.222. The Morgan fingerprint density at radius 2 is 1.21 bits per heavy atom. The van der Waals surface area contributed by atoms with E-state index in [1.807, 2.05) is 36.4 Å². The zero-order valence-electron chi connectivity index (χ0n) is 10.6. The van der Waals surface area contributed by atoms with Crippen LogP contribution in [0.4, 0.5) is 0 Å². The standard InChI is InChI=1S/C16H16O3/c17-9-7-11-3-1-5-13-14-6-2-4-12(8-10-18)16(14)19-15(11)13/h1-6,17-18H,7-10H2. The third-order valence-corrected chi connectivity index (χ3v) is 3.45. The van der Waals surface area contributed by atoms with Crippen molar-refractivity contribution < 1.29 is 14.6 Å². The van der Waals surface area contributed by atoms with Crippen LogP contribution in [0.25, 0.3) is 21.9 Å². The van der Waals surface area contributed by atoms with Gasteiger partial charge < -0.3 is 14.6 Å². The molecule has 0 amide bonds. The minimum Gasteiger partial charge on any atom is -0.455 e. The topological polar surface area (TPSA) is 53.6 Å². The van der Waals surface area contributed by atoms with Gasteiger partial charge in [-0.1, -0.05) is 36.4 Å². The van der Waals surface area contributed by atoms with Crippen molar-refractivity contribution in [2.45, 2.75) is 12.8 Å². The number of benzene rings is 2. The molecule has 98 valence electrons. The summed E-state index contributed by atoms with van der Waals surface area (Å²) < 4.78 is 6.00. The van der Waals surface area contributed by atoms with Crippen molar-refractivity contribution in [3.63, 3.8) is 0 Å². The lowest BCUT2D eigenvalue weighted by Crippen LogP contribution is -1.90. The molecule has 3 rings (SSSR count). The Kier molecular flexibility index (Phi) is 3.23. The second-order valence-corrected chi connectivity index (χ2v) is 4.64. The van der Waals surface area contributed by atoms with E-state index in [1.165, 1.54) is 0 Å². The Balaban J connectivity index is 2.31. The number of aliphatic hydroxyl groups is 2. The highest BCUT2D eigenvalue weighted by Crippen LogP contribution is 2.33. The monoisotopic (exact) mass is 256 g/mol. The second-order valence-electron chi connectivity index (χ2n) is 4.64. The van der Waals surface area contributed by atoms with Gasteiger partial charge in [-0.2, -0.15) is 0 Å². The zero-order chi connectivity index (χ0) is 13.2. The molecule has 0 fully saturated rings. The van der Waals surface area contributed by atoms with E-state index in [0.29, 0.717) is 12.8 Å². The minimum atomic E-state index is 0.111. The molecule has 3 nitrogen and oxygen atoms in total. The van der Waals surface area contributed by atoms with Crippen LogP contribution in [-0.4, -0.2) is 23.4 Å². The van der Waals surface area contributed by atoms with Gasteiger partial charge in [-0.25, -0.2) is 0 Å². The van der Waals surface area contributed by atoms with E-state index in [-0.39, 0.29) is 13.2 Å². The molecule has 0 saturated heterocycles. The van der Waals surface area contributed by atoms with Gasteiger partial charge in [-0.15, -0.1) is 0 Å². The molecule has 0 spiro atoms. The molecule has 1 aromatic heterocycles. The van der Waals surface area contributed by atoms with Crippen LogP contribution in [0.3, 0.4) is 0 Å². The number of aliphatic hydroxyl groups excluding tert-OH is 2. The minimum absolute atomic E-state index is 0.111. The van der Waals surface area contributed by atoms with Crippen LogP contribution in [-0.2, 0) is 12.8 Å². The highest BCUT2D eigenvalue weighted by atomic mass is 16.3. The van der Waals surface area contributed by atoms with Gasteiger partial charge in [0.15, 0.2) is 0 Å². The highest BCUT2D eigenvalue weighted by molar-refractivity contribution is 6.06. The fourth-order valence-corrected chi connectivity index (χ4v) is 2.57. The summed E-state index contributed by atoms with van der Waals surface area (Å²) in [4.78, 5) is 0. The molecule has 2 aromatic carbocycles. The zero-order valence-corrected chi connectivity index (χ0v) is 10.6. The first kappa shape index (κ1) is 12.2. The maximum absolute atomic E-state index is 9.12. The molecular formula is C16H16O3. The Morgan fingerprint density at radius 1 is 0.737 bits per heavy atom. The fraction of sp³-hybridized carbons (Fsp3) is 0.250. The summed E-state index contributed by atoms with van der Waals surface area (Å²) >= 11 is 0. The lowest BCUT2D eigenvalue weighted by molar-refractivity contribution is 0.299. The molecular weight excluding hydrogens is 240 g/mol. The van der Waals surface area contributed by atoms with Crippen LogP contribution >= 0.6 is 0 Å². The molecule has 19 heavy (non-hydrogen) atoms. The smallest absolute Gasteiger partial charge is 0.138 e. The highest BCUT2D eigenvalue weighted by Gasteiger charge is 2.12. The van der Waals surface area contributed by atoms with E-state index in [1.54, 1.807) is 0 Å². The lowest BCUT2D eigenvalue weighted by atomic mass is 10.0. The van der Waals surface area contributed by atoms with Gasteiger partial charge >= 0.3 is 0 Å². The number of hydrogen-bond donors (Lipinski definition) is 2. The van der Waals surface area contributed by atoms with Crippen LogP contribution in [0.15, 0.2) is 40.8 Å². The van der Waals surface area contributed by atoms with Crippen LogP contribution in [0.5, 0.6) is 0 Å². The van der Waals surface area contributed by atoms with Gasteiger partial charge in [0.25, 0.3) is 0 Å². The average molecular weight is 256 g/mol. The molecule has 3 heteroatoms. The number of rotatable bonds is 4. The molecule has 3 aromatic rings. The van der Waals surface area contributed by atoms with Crippen molar-refractivity contribution in [2.75, 3.05) is 13.2 Å². The first-order valence-electron chi connectivity index (χ1n) is 6.49. The van der Waals surface area contributed by atoms with Crippen molar-refractivity contribution in [1.82, 2.24) is 0 Å². The molecule has 0 aliphatic carbocycles. The lowest BCUT2D eigenvalue weighted by Gasteiger charge is -1.98. The van der Waals surface area contributed by atoms with Gasteiger partial charge in [0, 0.05) is 24.0 Å². The van der Waals surface area contributed by atoms with E-state index in [0.717, 1.165) is 33.1 Å². The number of para-hydroxylation sites is 2. The maximum atomic E-state index is 9.12. The van der Waals surface area contributed by atoms with Gasteiger partial charge in [-0.05, 0) is 24.0 Å². The van der Waals surface area contributed by atoms with Gasteiger partial charge in [-0.3, -0.25) is 0 Å². The van der Waals surface area contributed by atoms with Crippen molar-refractivity contribution >= 4 is 21.9 Å². The van der Waals surface area contributed by atoms with E-state index in [9.17, 15) is 0 Å². The Labute approximate surface area is 111 Å². The largest absolute Gasteiger partial charge is 0.455 e. The molecule has 1 heterocycles. The predicted molar refractivity (Wildman–Crippen MR) is 75.3 cm³/mol. The molecule has 0 radical (unpaired) electrons. The van der Waals surface area contributed by atoms with Crippen molar-refractivity contribution in [2.24, 2.45) is 0 Å². The summed E-state index contributed by atoms with van der Waals surface area (Å²) in [5, 5.41) is 20.4. The molecule has 0 aliphatic rings. The summed E-state index contributed by atoms with van der Waals surface area (Å²) in [5.74, 6) is 0. The van der Waals surface area contributed by atoms with Gasteiger partial charge in [0.1, 0.15) is 11.2 Å². The molecule has 0 bridgehead atoms. The summed E-state index contributed by atoms with van der Waals surface area (Å²) in [5.41, 5.74) is 3.73. The quantitative estimate of drug-likeness (QED) is 0.754. The van der Waals surface area contributed by atoms with E-state index in [2.05, 4.69) is 0 Å². The van der Waals surface area contributed by atoms with E-state index in [4.69, 9.17) is 14.6 Å². The van der Waals surface area contributed by atoms with Crippen LogP contribution in [0, 0.1) is 0 Å². The van der Waals surface area contributed by atoms with Crippen LogP contribution in [0.1, 0.15) is 11.1 Å². The molecule has 0 unspecified atom stereocenters. The number of furan rings is 1. The van der Waals surface area contributed by atoms with Gasteiger partial charge in [0.2, 0.25) is 0 Å². The predicted octanol–water partition coefficient (Wildman–Crippen LogP) is 2.66. The van der Waals surface area contributed by atoms with E-state index < -0.39 is 0 Å². The molecule has 0 aliphatic heterocycles. The third kappa shape index (κ3) is 2.01. The first-order chi connectivity index (χ1) is 9.35. The Hall–Kier alpha value is -1.84.